The van der Waals surface area contributed by atoms with Gasteiger partial charge in [0.25, 0.3) is 0 Å². The van der Waals surface area contributed by atoms with Crippen molar-refractivity contribution in [2.24, 2.45) is 11.3 Å². The lowest BCUT2D eigenvalue weighted by atomic mass is 10.0. The molecule has 0 saturated heterocycles. The Morgan fingerprint density at radius 1 is 1.19 bits per heavy atom. The number of nitrogens with one attached hydrogen (secondary N) is 2. The average molecular weight is 288 g/mol. The molecule has 5 heteroatoms. The number of anilines is 1. The van der Waals surface area contributed by atoms with Crippen molar-refractivity contribution < 1.29 is 14.7 Å². The maximum absolute atomic E-state index is 11.9. The Balaban J connectivity index is 1.47. The molecular weight excluding hydrogens is 268 g/mol. The summed E-state index contributed by atoms with van der Waals surface area (Å²) in [6.45, 7) is 0.764. The van der Waals surface area contributed by atoms with Crippen molar-refractivity contribution in [1.29, 1.82) is 0 Å². The van der Waals surface area contributed by atoms with E-state index in [1.165, 1.54) is 25.7 Å². The second kappa shape index (κ2) is 5.39. The molecule has 0 atom stereocenters. The first-order chi connectivity index (χ1) is 10.1. The molecular formula is C16H20N2O3. The van der Waals surface area contributed by atoms with Crippen LogP contribution in [0.5, 0.6) is 0 Å². The maximum Gasteiger partial charge on any atom is 0.319 e. The first kappa shape index (κ1) is 13.9. The molecule has 3 N–H and O–H groups in total. The number of rotatable bonds is 6. The molecule has 1 aromatic carbocycles. The van der Waals surface area contributed by atoms with Crippen molar-refractivity contribution in [3.63, 3.8) is 0 Å². The summed E-state index contributed by atoms with van der Waals surface area (Å²) in [5.74, 6) is -0.0311. The Kier molecular flexibility index (Phi) is 3.57. The Morgan fingerprint density at radius 2 is 1.86 bits per heavy atom. The van der Waals surface area contributed by atoms with Gasteiger partial charge in [0.05, 0.1) is 6.42 Å². The van der Waals surface area contributed by atoms with E-state index in [9.17, 15) is 9.59 Å². The highest BCUT2D eigenvalue weighted by Crippen LogP contribution is 2.60. The quantitative estimate of drug-likeness (QED) is 0.753. The Labute approximate surface area is 123 Å². The summed E-state index contributed by atoms with van der Waals surface area (Å²) in [4.78, 5) is 22.5. The van der Waals surface area contributed by atoms with Crippen LogP contribution in [0.2, 0.25) is 0 Å². The van der Waals surface area contributed by atoms with Crippen LogP contribution >= 0.6 is 0 Å². The van der Waals surface area contributed by atoms with Gasteiger partial charge in [0.15, 0.2) is 0 Å². The smallest absolute Gasteiger partial charge is 0.319 e. The monoisotopic (exact) mass is 288 g/mol. The number of carbonyl (C=O) groups excluding carboxylic acids is 1. The number of urea groups is 1. The Bertz CT molecular complexity index is 545. The van der Waals surface area contributed by atoms with Crippen LogP contribution in [0.4, 0.5) is 10.5 Å². The maximum atomic E-state index is 11.9. The number of carboxylic acid groups (broad SMARTS) is 1. The molecule has 2 aliphatic carbocycles. The molecule has 0 aliphatic heterocycles. The van der Waals surface area contributed by atoms with Gasteiger partial charge >= 0.3 is 12.0 Å². The molecule has 3 rings (SSSR count). The van der Waals surface area contributed by atoms with Crippen LogP contribution in [0.15, 0.2) is 24.3 Å². The molecule has 0 aromatic heterocycles. The largest absolute Gasteiger partial charge is 0.481 e. The molecule has 2 fully saturated rings. The van der Waals surface area contributed by atoms with Crippen molar-refractivity contribution in [1.82, 2.24) is 5.32 Å². The molecule has 0 unspecified atom stereocenters. The first-order valence-electron chi connectivity index (χ1n) is 7.43. The summed E-state index contributed by atoms with van der Waals surface area (Å²) >= 11 is 0. The highest BCUT2D eigenvalue weighted by molar-refractivity contribution is 5.89. The fraction of sp³-hybridized carbons (Fsp3) is 0.500. The molecule has 0 bridgehead atoms. The Hall–Kier alpha value is -2.04. The zero-order chi connectivity index (χ0) is 14.9. The van der Waals surface area contributed by atoms with Crippen LogP contribution in [0.25, 0.3) is 0 Å². The number of hydrogen-bond donors (Lipinski definition) is 3. The standard InChI is InChI=1S/C16H20N2O3/c19-14(20)9-11-1-5-13(6-2-11)18-15(21)17-10-16(7-8-16)12-3-4-12/h1-2,5-6,12H,3-4,7-10H2,(H,19,20)(H2,17,18,21). The van der Waals surface area contributed by atoms with E-state index in [0.717, 1.165) is 18.0 Å². The number of carbonyl (C=O) groups is 2. The lowest BCUT2D eigenvalue weighted by Crippen LogP contribution is -2.34. The third kappa shape index (κ3) is 3.54. The van der Waals surface area contributed by atoms with E-state index in [1.807, 2.05) is 0 Å². The van der Waals surface area contributed by atoms with Gasteiger partial charge in [-0.2, -0.15) is 0 Å². The van der Waals surface area contributed by atoms with E-state index < -0.39 is 5.97 Å². The van der Waals surface area contributed by atoms with Gasteiger partial charge in [-0.1, -0.05) is 12.1 Å². The van der Waals surface area contributed by atoms with E-state index in [4.69, 9.17) is 5.11 Å². The molecule has 5 nitrogen and oxygen atoms in total. The van der Waals surface area contributed by atoms with E-state index in [0.29, 0.717) is 11.1 Å². The number of carboxylic acids is 1. The SMILES string of the molecule is O=C(O)Cc1ccc(NC(=O)NCC2(C3CC3)CC2)cc1. The van der Waals surface area contributed by atoms with Crippen molar-refractivity contribution in [3.8, 4) is 0 Å². The second-order valence-corrected chi connectivity index (χ2v) is 6.21. The minimum Gasteiger partial charge on any atom is -0.481 e. The van der Waals surface area contributed by atoms with Gasteiger partial charge in [-0.05, 0) is 54.7 Å². The second-order valence-electron chi connectivity index (χ2n) is 6.21. The molecule has 0 spiro atoms. The fourth-order valence-corrected chi connectivity index (χ4v) is 2.90. The zero-order valence-corrected chi connectivity index (χ0v) is 11.9. The average Bonchev–Trinajstić information content (AvgIpc) is 3.31. The molecule has 2 saturated carbocycles. The van der Waals surface area contributed by atoms with Crippen LogP contribution in [0.3, 0.4) is 0 Å². The summed E-state index contributed by atoms with van der Waals surface area (Å²) in [6.07, 6.45) is 5.10. The normalized spacial score (nSPS) is 18.9. The van der Waals surface area contributed by atoms with Crippen molar-refractivity contribution in [2.75, 3.05) is 11.9 Å². The van der Waals surface area contributed by atoms with E-state index >= 15 is 0 Å². The summed E-state index contributed by atoms with van der Waals surface area (Å²) in [5.41, 5.74) is 1.79. The minimum atomic E-state index is -0.858. The summed E-state index contributed by atoms with van der Waals surface area (Å²) in [5, 5.41) is 14.4. The molecule has 2 aliphatic rings. The number of benzene rings is 1. The van der Waals surface area contributed by atoms with Crippen molar-refractivity contribution >= 4 is 17.7 Å². The van der Waals surface area contributed by atoms with Gasteiger partial charge < -0.3 is 15.7 Å². The molecule has 1 aromatic rings. The van der Waals surface area contributed by atoms with Gasteiger partial charge in [0.1, 0.15) is 0 Å². The van der Waals surface area contributed by atoms with Gasteiger partial charge in [-0.25, -0.2) is 4.79 Å². The van der Waals surface area contributed by atoms with Gasteiger partial charge in [-0.15, -0.1) is 0 Å². The third-order valence-corrected chi connectivity index (χ3v) is 4.50. The molecule has 0 heterocycles. The van der Waals surface area contributed by atoms with Crippen molar-refractivity contribution in [3.05, 3.63) is 29.8 Å². The number of amides is 2. The summed E-state index contributed by atoms with van der Waals surface area (Å²) in [7, 11) is 0. The highest BCUT2D eigenvalue weighted by Gasteiger charge is 2.53. The van der Waals surface area contributed by atoms with Crippen LogP contribution < -0.4 is 10.6 Å². The predicted octanol–water partition coefficient (Wildman–Crippen LogP) is 2.63. The predicted molar refractivity (Wildman–Crippen MR) is 79.2 cm³/mol. The zero-order valence-electron chi connectivity index (χ0n) is 11.9. The molecule has 21 heavy (non-hydrogen) atoms. The highest BCUT2D eigenvalue weighted by atomic mass is 16.4. The van der Waals surface area contributed by atoms with E-state index in [1.54, 1.807) is 24.3 Å². The molecule has 2 amide bonds. The number of aliphatic carboxylic acids is 1. The topological polar surface area (TPSA) is 78.4 Å². The fourth-order valence-electron chi connectivity index (χ4n) is 2.90. The molecule has 0 radical (unpaired) electrons. The first-order valence-corrected chi connectivity index (χ1v) is 7.43. The molecule has 112 valence electrons. The van der Waals surface area contributed by atoms with Crippen LogP contribution in [0, 0.1) is 11.3 Å². The van der Waals surface area contributed by atoms with Gasteiger partial charge in [0.2, 0.25) is 0 Å². The lowest BCUT2D eigenvalue weighted by molar-refractivity contribution is -0.136. The van der Waals surface area contributed by atoms with Crippen LogP contribution in [-0.4, -0.2) is 23.7 Å². The van der Waals surface area contributed by atoms with Crippen LogP contribution in [-0.2, 0) is 11.2 Å². The summed E-state index contributed by atoms with van der Waals surface area (Å²) in [6, 6.07) is 6.71. The third-order valence-electron chi connectivity index (χ3n) is 4.50. The lowest BCUT2D eigenvalue weighted by Gasteiger charge is -2.15. The van der Waals surface area contributed by atoms with E-state index in [2.05, 4.69) is 10.6 Å². The van der Waals surface area contributed by atoms with Gasteiger partial charge in [0, 0.05) is 12.2 Å². The summed E-state index contributed by atoms with van der Waals surface area (Å²) < 4.78 is 0. The van der Waals surface area contributed by atoms with Gasteiger partial charge in [-0.3, -0.25) is 4.79 Å². The van der Waals surface area contributed by atoms with Crippen molar-refractivity contribution in [2.45, 2.75) is 32.1 Å². The van der Waals surface area contributed by atoms with E-state index in [-0.39, 0.29) is 12.5 Å². The van der Waals surface area contributed by atoms with Crippen LogP contribution in [0.1, 0.15) is 31.2 Å². The number of hydrogen-bond acceptors (Lipinski definition) is 2. The Morgan fingerprint density at radius 3 is 2.38 bits per heavy atom. The minimum absolute atomic E-state index is 0.00359.